The summed E-state index contributed by atoms with van der Waals surface area (Å²) in [4.78, 5) is 19.1. The molecule has 0 spiro atoms. The summed E-state index contributed by atoms with van der Waals surface area (Å²) >= 11 is 17.9. The van der Waals surface area contributed by atoms with Crippen molar-refractivity contribution in [2.45, 2.75) is 26.3 Å². The highest BCUT2D eigenvalue weighted by molar-refractivity contribution is 7.80. The molecule has 3 aromatic heterocycles. The van der Waals surface area contributed by atoms with E-state index >= 15 is 0 Å². The van der Waals surface area contributed by atoms with Crippen LogP contribution in [0, 0.1) is 6.92 Å². The molecular formula is C22H19Cl2F2N9OS. The smallest absolute Gasteiger partial charge is 0.307 e. The Labute approximate surface area is 225 Å². The fraction of sp³-hybridized carbons (Fsp3) is 0.227. The first-order valence-electron chi connectivity index (χ1n) is 10.7. The van der Waals surface area contributed by atoms with Crippen LogP contribution < -0.4 is 10.6 Å². The van der Waals surface area contributed by atoms with Crippen molar-refractivity contribution < 1.29 is 13.6 Å². The molecule has 0 bridgehead atoms. The van der Waals surface area contributed by atoms with Crippen molar-refractivity contribution in [2.75, 3.05) is 12.4 Å². The number of hydrogen-bond donors (Lipinski definition) is 2. The number of tetrazole rings is 1. The van der Waals surface area contributed by atoms with Gasteiger partial charge in [-0.15, -0.1) is 10.2 Å². The summed E-state index contributed by atoms with van der Waals surface area (Å²) in [5.41, 5.74) is 1.98. The van der Waals surface area contributed by atoms with Crippen LogP contribution in [0.15, 0.2) is 36.5 Å². The molecule has 1 aromatic carbocycles. The monoisotopic (exact) mass is 565 g/mol. The van der Waals surface area contributed by atoms with E-state index in [1.54, 1.807) is 38.2 Å². The maximum atomic E-state index is 13.5. The molecule has 15 heteroatoms. The summed E-state index contributed by atoms with van der Waals surface area (Å²) in [5, 5.41) is 21.6. The van der Waals surface area contributed by atoms with E-state index in [4.69, 9.17) is 35.4 Å². The molecule has 0 unspecified atom stereocenters. The van der Waals surface area contributed by atoms with E-state index in [0.717, 1.165) is 4.80 Å². The Kier molecular flexibility index (Phi) is 7.48. The molecule has 4 aromatic rings. The molecule has 0 atom stereocenters. The Morgan fingerprint density at radius 1 is 1.22 bits per heavy atom. The minimum absolute atomic E-state index is 0.0624. The number of nitrogens with zero attached hydrogens (tertiary/aromatic N) is 7. The minimum Gasteiger partial charge on any atom is -0.379 e. The Morgan fingerprint density at radius 2 is 1.97 bits per heavy atom. The zero-order valence-electron chi connectivity index (χ0n) is 19.6. The molecule has 0 saturated carbocycles. The number of halogens is 4. The van der Waals surface area contributed by atoms with Gasteiger partial charge in [0, 0.05) is 30.8 Å². The molecule has 192 valence electrons. The van der Waals surface area contributed by atoms with Gasteiger partial charge in [0.15, 0.2) is 5.82 Å². The highest BCUT2D eigenvalue weighted by atomic mass is 35.5. The summed E-state index contributed by atoms with van der Waals surface area (Å²) < 4.78 is 28.3. The first-order valence-corrected chi connectivity index (χ1v) is 11.8. The second-order valence-corrected chi connectivity index (χ2v) is 9.20. The summed E-state index contributed by atoms with van der Waals surface area (Å²) in [6, 6.07) is 8.00. The third kappa shape index (κ3) is 5.73. The Morgan fingerprint density at radius 3 is 2.62 bits per heavy atom. The zero-order valence-corrected chi connectivity index (χ0v) is 22.0. The topological polar surface area (TPSA) is 115 Å². The number of aromatic nitrogens is 7. The van der Waals surface area contributed by atoms with E-state index in [-0.39, 0.29) is 28.8 Å². The molecule has 0 radical (unpaired) electrons. The highest BCUT2D eigenvalue weighted by Crippen LogP contribution is 2.28. The number of anilines is 1. The maximum absolute atomic E-state index is 13.5. The first kappa shape index (κ1) is 26.5. The molecule has 3 heterocycles. The number of carbonyl (C=O) groups is 1. The van der Waals surface area contributed by atoms with Gasteiger partial charge in [0.05, 0.1) is 16.4 Å². The number of rotatable bonds is 7. The van der Waals surface area contributed by atoms with Crippen LogP contribution in [-0.4, -0.2) is 52.9 Å². The number of amides is 1. The molecule has 0 fully saturated rings. The van der Waals surface area contributed by atoms with Crippen LogP contribution in [0.4, 0.5) is 14.5 Å². The molecule has 37 heavy (non-hydrogen) atoms. The third-order valence-corrected chi connectivity index (χ3v) is 6.03. The lowest BCUT2D eigenvalue weighted by Gasteiger charge is -2.16. The molecular weight excluding hydrogens is 547 g/mol. The second kappa shape index (κ2) is 10.4. The third-order valence-electron chi connectivity index (χ3n) is 5.09. The molecule has 0 aliphatic heterocycles. The van der Waals surface area contributed by atoms with Crippen molar-refractivity contribution in [3.8, 4) is 5.82 Å². The van der Waals surface area contributed by atoms with E-state index in [1.807, 2.05) is 0 Å². The van der Waals surface area contributed by atoms with Crippen molar-refractivity contribution in [1.82, 2.24) is 40.3 Å². The number of benzene rings is 1. The van der Waals surface area contributed by atoms with Crippen LogP contribution in [0.2, 0.25) is 10.0 Å². The Hall–Kier alpha value is -3.55. The number of aryl methyl sites for hydroxylation is 1. The van der Waals surface area contributed by atoms with E-state index in [9.17, 15) is 13.6 Å². The highest BCUT2D eigenvalue weighted by Gasteiger charge is 2.31. The number of pyridine rings is 1. The number of thiocarbonyl (C=S) groups is 1. The lowest BCUT2D eigenvalue weighted by molar-refractivity contribution is 0.00738. The van der Waals surface area contributed by atoms with Crippen LogP contribution >= 0.6 is 35.4 Å². The van der Waals surface area contributed by atoms with Gasteiger partial charge in [-0.05, 0) is 48.0 Å². The predicted octanol–water partition coefficient (Wildman–Crippen LogP) is 4.18. The Balaban J connectivity index is 1.75. The number of nitrogens with one attached hydrogen (secondary N) is 2. The van der Waals surface area contributed by atoms with Gasteiger partial charge in [0.1, 0.15) is 17.2 Å². The molecule has 10 nitrogen and oxygen atoms in total. The quantitative estimate of drug-likeness (QED) is 0.321. The molecule has 1 amide bonds. The molecule has 0 saturated heterocycles. The first-order chi connectivity index (χ1) is 17.5. The molecule has 4 rings (SSSR count). The molecule has 2 N–H and O–H groups in total. The molecule has 0 aliphatic carbocycles. The van der Waals surface area contributed by atoms with Crippen LogP contribution in [-0.2, 0) is 12.5 Å². The van der Waals surface area contributed by atoms with Crippen molar-refractivity contribution >= 4 is 52.0 Å². The summed E-state index contributed by atoms with van der Waals surface area (Å²) in [7, 11) is 1.66. The SMILES string of the molecule is CNC(=S)c1cc(Cl)cc(C)c1NC(=O)c1cc(Cn2nnc(C(C)(F)F)n2)nn1-c1ncccc1Cl. The van der Waals surface area contributed by atoms with Crippen molar-refractivity contribution in [2.24, 2.45) is 0 Å². The van der Waals surface area contributed by atoms with Gasteiger partial charge in [0.2, 0.25) is 5.82 Å². The van der Waals surface area contributed by atoms with Gasteiger partial charge in [-0.3, -0.25) is 4.79 Å². The van der Waals surface area contributed by atoms with Crippen molar-refractivity contribution in [3.63, 3.8) is 0 Å². The standard InChI is InChI=1S/C22H19Cl2F2N9OS/c1-11-7-12(23)8-14(20(37)27-3)17(11)29-19(36)16-9-13(10-34-32-21(30-33-34)22(2,25)26)31-35(16)18-15(24)5-4-6-28-18/h4-9H,10H2,1-3H3,(H,27,37)(H,29,36). The number of hydrogen-bond acceptors (Lipinski definition) is 7. The van der Waals surface area contributed by atoms with Gasteiger partial charge in [0.25, 0.3) is 5.91 Å². The normalized spacial score (nSPS) is 11.4. The van der Waals surface area contributed by atoms with E-state index in [2.05, 4.69) is 36.1 Å². The van der Waals surface area contributed by atoms with Gasteiger partial charge < -0.3 is 10.6 Å². The van der Waals surface area contributed by atoms with Crippen molar-refractivity contribution in [3.05, 3.63) is 74.9 Å². The van der Waals surface area contributed by atoms with E-state index in [0.29, 0.717) is 33.7 Å². The fourth-order valence-electron chi connectivity index (χ4n) is 3.39. The summed E-state index contributed by atoms with van der Waals surface area (Å²) in [5.74, 6) is -4.36. The van der Waals surface area contributed by atoms with Crippen LogP contribution in [0.3, 0.4) is 0 Å². The minimum atomic E-state index is -3.26. The largest absolute Gasteiger partial charge is 0.379 e. The van der Waals surface area contributed by atoms with Crippen LogP contribution in [0.5, 0.6) is 0 Å². The van der Waals surface area contributed by atoms with Crippen molar-refractivity contribution in [1.29, 1.82) is 0 Å². The summed E-state index contributed by atoms with van der Waals surface area (Å²) in [6.07, 6.45) is 1.49. The van der Waals surface area contributed by atoms with Gasteiger partial charge in [-0.2, -0.15) is 18.7 Å². The van der Waals surface area contributed by atoms with Crippen LogP contribution in [0.25, 0.3) is 5.82 Å². The average Bonchev–Trinajstić information content (AvgIpc) is 3.48. The lowest BCUT2D eigenvalue weighted by atomic mass is 10.1. The second-order valence-electron chi connectivity index (χ2n) is 7.95. The van der Waals surface area contributed by atoms with Crippen LogP contribution in [0.1, 0.15) is 40.1 Å². The fourth-order valence-corrected chi connectivity index (χ4v) is 4.03. The predicted molar refractivity (Wildman–Crippen MR) is 138 cm³/mol. The number of carbonyl (C=O) groups excluding carboxylic acids is 1. The van der Waals surface area contributed by atoms with Gasteiger partial charge in [-0.1, -0.05) is 35.4 Å². The maximum Gasteiger partial charge on any atom is 0.307 e. The number of alkyl halides is 2. The van der Waals surface area contributed by atoms with E-state index in [1.165, 1.54) is 16.9 Å². The Bertz CT molecular complexity index is 1500. The summed E-state index contributed by atoms with van der Waals surface area (Å²) in [6.45, 7) is 2.30. The zero-order chi connectivity index (χ0) is 26.9. The average molecular weight is 566 g/mol. The van der Waals surface area contributed by atoms with Gasteiger partial charge >= 0.3 is 5.92 Å². The van der Waals surface area contributed by atoms with Gasteiger partial charge in [-0.25, -0.2) is 9.67 Å². The lowest BCUT2D eigenvalue weighted by Crippen LogP contribution is -2.23. The molecule has 0 aliphatic rings. The van der Waals surface area contributed by atoms with E-state index < -0.39 is 17.7 Å².